The van der Waals surface area contributed by atoms with Crippen LogP contribution in [0.15, 0.2) is 46.9 Å². The predicted molar refractivity (Wildman–Crippen MR) is 107 cm³/mol. The van der Waals surface area contributed by atoms with E-state index in [1.807, 2.05) is 43.3 Å². The van der Waals surface area contributed by atoms with Crippen molar-refractivity contribution in [1.82, 2.24) is 4.98 Å². The summed E-state index contributed by atoms with van der Waals surface area (Å²) in [5.41, 5.74) is 3.47. The molecule has 2 N–H and O–H groups in total. The maximum atomic E-state index is 11.0. The van der Waals surface area contributed by atoms with Crippen LogP contribution in [0.3, 0.4) is 0 Å². The Balaban J connectivity index is 1.42. The number of oxazole rings is 1. The number of hydrogen-bond acceptors (Lipinski definition) is 5. The molecule has 0 radical (unpaired) electrons. The minimum atomic E-state index is -0.819. The van der Waals surface area contributed by atoms with Crippen molar-refractivity contribution in [3.8, 4) is 23.0 Å². The fourth-order valence-electron chi connectivity index (χ4n) is 3.91. The number of carboxylic acid groups (broad SMARTS) is 1. The molecule has 0 aliphatic heterocycles. The number of phenolic OH excluding ortho intramolecular Hbond substituents is 1. The zero-order valence-electron chi connectivity index (χ0n) is 16.2. The topological polar surface area (TPSA) is 92.8 Å². The van der Waals surface area contributed by atoms with E-state index in [1.165, 1.54) is 0 Å². The molecular weight excluding hydrogens is 370 g/mol. The third-order valence-electron chi connectivity index (χ3n) is 5.40. The van der Waals surface area contributed by atoms with Crippen molar-refractivity contribution in [3.63, 3.8) is 0 Å². The molecule has 6 heteroatoms. The monoisotopic (exact) mass is 393 g/mol. The minimum Gasteiger partial charge on any atom is -0.504 e. The molecule has 1 aliphatic rings. The number of phenols is 1. The number of rotatable bonds is 7. The Kier molecular flexibility index (Phi) is 5.25. The molecule has 0 saturated heterocycles. The SMILES string of the molecule is Cc1oc(-c2ccccc2)nc1CCOc1ccc2c(c1O)CCC2CC(=O)O. The number of carboxylic acids is 1. The molecule has 2 aromatic carbocycles. The summed E-state index contributed by atoms with van der Waals surface area (Å²) in [4.78, 5) is 15.6. The van der Waals surface area contributed by atoms with Crippen LogP contribution in [0.1, 0.15) is 41.3 Å². The Bertz CT molecular complexity index is 1030. The van der Waals surface area contributed by atoms with Gasteiger partial charge in [0.25, 0.3) is 0 Å². The van der Waals surface area contributed by atoms with Crippen LogP contribution in [-0.2, 0) is 17.6 Å². The van der Waals surface area contributed by atoms with Gasteiger partial charge in [-0.25, -0.2) is 4.98 Å². The maximum Gasteiger partial charge on any atom is 0.303 e. The van der Waals surface area contributed by atoms with Gasteiger partial charge in [0.1, 0.15) is 5.76 Å². The Morgan fingerprint density at radius 3 is 2.79 bits per heavy atom. The number of fused-ring (bicyclic) bond motifs is 1. The van der Waals surface area contributed by atoms with E-state index in [4.69, 9.17) is 14.3 Å². The van der Waals surface area contributed by atoms with Gasteiger partial charge in [-0.05, 0) is 49.4 Å². The van der Waals surface area contributed by atoms with Gasteiger partial charge in [0.05, 0.1) is 18.7 Å². The second-order valence-corrected chi connectivity index (χ2v) is 7.30. The van der Waals surface area contributed by atoms with Crippen LogP contribution in [0.2, 0.25) is 0 Å². The largest absolute Gasteiger partial charge is 0.504 e. The summed E-state index contributed by atoms with van der Waals surface area (Å²) in [6.45, 7) is 2.23. The molecular formula is C23H23NO5. The quantitative estimate of drug-likeness (QED) is 0.615. The summed E-state index contributed by atoms with van der Waals surface area (Å²) in [7, 11) is 0. The van der Waals surface area contributed by atoms with E-state index in [1.54, 1.807) is 6.07 Å². The molecule has 0 amide bonds. The molecule has 29 heavy (non-hydrogen) atoms. The van der Waals surface area contributed by atoms with Gasteiger partial charge in [-0.15, -0.1) is 0 Å². The lowest BCUT2D eigenvalue weighted by Gasteiger charge is -2.13. The first kappa shape index (κ1) is 19.1. The molecule has 1 heterocycles. The Morgan fingerprint density at radius 1 is 1.24 bits per heavy atom. The number of aromatic hydroxyl groups is 1. The van der Waals surface area contributed by atoms with Crippen LogP contribution >= 0.6 is 0 Å². The summed E-state index contributed by atoms with van der Waals surface area (Å²) in [5.74, 6) is 1.02. The fraction of sp³-hybridized carbons (Fsp3) is 0.304. The van der Waals surface area contributed by atoms with Crippen molar-refractivity contribution in [1.29, 1.82) is 0 Å². The number of hydrogen-bond donors (Lipinski definition) is 2. The highest BCUT2D eigenvalue weighted by Gasteiger charge is 2.28. The lowest BCUT2D eigenvalue weighted by Crippen LogP contribution is -2.05. The maximum absolute atomic E-state index is 11.0. The molecule has 1 atom stereocenters. The summed E-state index contributed by atoms with van der Waals surface area (Å²) >= 11 is 0. The smallest absolute Gasteiger partial charge is 0.303 e. The average Bonchev–Trinajstić information content (AvgIpc) is 3.28. The lowest BCUT2D eigenvalue weighted by molar-refractivity contribution is -0.137. The molecule has 0 fully saturated rings. The number of aromatic nitrogens is 1. The molecule has 0 spiro atoms. The molecule has 3 aromatic rings. The van der Waals surface area contributed by atoms with Crippen LogP contribution in [-0.4, -0.2) is 27.8 Å². The van der Waals surface area contributed by atoms with E-state index in [0.717, 1.165) is 34.6 Å². The number of carbonyl (C=O) groups is 1. The van der Waals surface area contributed by atoms with Gasteiger partial charge in [0, 0.05) is 17.5 Å². The first-order valence-electron chi connectivity index (χ1n) is 9.74. The van der Waals surface area contributed by atoms with Gasteiger partial charge in [-0.2, -0.15) is 0 Å². The highest BCUT2D eigenvalue weighted by atomic mass is 16.5. The van der Waals surface area contributed by atoms with Crippen molar-refractivity contribution in [2.75, 3.05) is 6.61 Å². The molecule has 6 nitrogen and oxygen atoms in total. The fourth-order valence-corrected chi connectivity index (χ4v) is 3.91. The van der Waals surface area contributed by atoms with Gasteiger partial charge < -0.3 is 19.4 Å². The average molecular weight is 393 g/mol. The molecule has 1 unspecified atom stereocenters. The van der Waals surface area contributed by atoms with Crippen LogP contribution < -0.4 is 4.74 Å². The van der Waals surface area contributed by atoms with Crippen molar-refractivity contribution >= 4 is 5.97 Å². The van der Waals surface area contributed by atoms with Crippen LogP contribution in [0.5, 0.6) is 11.5 Å². The number of aliphatic carboxylic acids is 1. The van der Waals surface area contributed by atoms with Crippen molar-refractivity contribution < 1.29 is 24.2 Å². The molecule has 150 valence electrons. The molecule has 0 bridgehead atoms. The summed E-state index contributed by atoms with van der Waals surface area (Å²) in [6.07, 6.45) is 2.04. The minimum absolute atomic E-state index is 0.0448. The van der Waals surface area contributed by atoms with Crippen LogP contribution in [0.4, 0.5) is 0 Å². The van der Waals surface area contributed by atoms with Crippen molar-refractivity contribution in [3.05, 3.63) is 65.0 Å². The second kappa shape index (κ2) is 7.99. The number of benzene rings is 2. The first-order chi connectivity index (χ1) is 14.0. The standard InChI is InChI=1S/C23H23NO5/c1-14-19(24-23(29-14)15-5-3-2-4-6-15)11-12-28-20-10-9-17-16(13-21(25)26)7-8-18(17)22(20)27/h2-6,9-10,16,27H,7-8,11-13H2,1H3,(H,25,26). The molecule has 1 aromatic heterocycles. The van der Waals surface area contributed by atoms with E-state index in [-0.39, 0.29) is 18.1 Å². The van der Waals surface area contributed by atoms with E-state index in [0.29, 0.717) is 31.1 Å². The van der Waals surface area contributed by atoms with E-state index in [9.17, 15) is 9.90 Å². The third kappa shape index (κ3) is 3.97. The van der Waals surface area contributed by atoms with Crippen molar-refractivity contribution in [2.45, 2.75) is 38.5 Å². The van der Waals surface area contributed by atoms with Crippen molar-refractivity contribution in [2.24, 2.45) is 0 Å². The third-order valence-corrected chi connectivity index (χ3v) is 5.40. The van der Waals surface area contributed by atoms with E-state index >= 15 is 0 Å². The van der Waals surface area contributed by atoms with Gasteiger partial charge in [0.15, 0.2) is 11.5 Å². The molecule has 0 saturated carbocycles. The number of nitrogens with zero attached hydrogens (tertiary/aromatic N) is 1. The Hall–Kier alpha value is -3.28. The predicted octanol–water partition coefficient (Wildman–Crippen LogP) is 4.48. The molecule has 1 aliphatic carbocycles. The molecule has 4 rings (SSSR count). The van der Waals surface area contributed by atoms with Gasteiger partial charge in [-0.1, -0.05) is 24.3 Å². The van der Waals surface area contributed by atoms with Crippen LogP contribution in [0, 0.1) is 6.92 Å². The highest BCUT2D eigenvalue weighted by molar-refractivity contribution is 5.69. The lowest BCUT2D eigenvalue weighted by atomic mass is 9.97. The number of aryl methyl sites for hydroxylation is 1. The summed E-state index contributed by atoms with van der Waals surface area (Å²) in [5, 5.41) is 19.6. The second-order valence-electron chi connectivity index (χ2n) is 7.30. The zero-order chi connectivity index (χ0) is 20.4. The Morgan fingerprint density at radius 2 is 2.03 bits per heavy atom. The van der Waals surface area contributed by atoms with Gasteiger partial charge in [-0.3, -0.25) is 4.79 Å². The number of ether oxygens (including phenoxy) is 1. The normalized spacial score (nSPS) is 15.3. The first-order valence-corrected chi connectivity index (χ1v) is 9.74. The Labute approximate surface area is 168 Å². The van der Waals surface area contributed by atoms with E-state index < -0.39 is 5.97 Å². The summed E-state index contributed by atoms with van der Waals surface area (Å²) in [6, 6.07) is 13.3. The van der Waals surface area contributed by atoms with Gasteiger partial charge in [0.2, 0.25) is 5.89 Å². The van der Waals surface area contributed by atoms with Crippen LogP contribution in [0.25, 0.3) is 11.5 Å². The van der Waals surface area contributed by atoms with Gasteiger partial charge >= 0.3 is 5.97 Å². The van der Waals surface area contributed by atoms with E-state index in [2.05, 4.69) is 4.98 Å². The zero-order valence-corrected chi connectivity index (χ0v) is 16.2. The summed E-state index contributed by atoms with van der Waals surface area (Å²) < 4.78 is 11.6. The highest BCUT2D eigenvalue weighted by Crippen LogP contribution is 2.44.